The molecule has 0 N–H and O–H groups in total. The average molecular weight is 331 g/mol. The van der Waals surface area contributed by atoms with E-state index < -0.39 is 30.3 Å². The van der Waals surface area contributed by atoms with E-state index in [1.807, 2.05) is 37.3 Å². The summed E-state index contributed by atoms with van der Waals surface area (Å²) in [5.41, 5.74) is 0.941. The van der Waals surface area contributed by atoms with Crippen molar-refractivity contribution < 1.29 is 19.2 Å². The molecule has 2 rings (SSSR count). The molecule has 0 bridgehead atoms. The third-order valence-corrected chi connectivity index (χ3v) is 4.13. The lowest BCUT2D eigenvalue weighted by molar-refractivity contribution is -0.145. The fourth-order valence-corrected chi connectivity index (χ4v) is 2.53. The molecule has 1 heterocycles. The summed E-state index contributed by atoms with van der Waals surface area (Å²) < 4.78 is 0. The Labute approximate surface area is 140 Å². The van der Waals surface area contributed by atoms with Crippen LogP contribution in [0.1, 0.15) is 31.9 Å². The fourth-order valence-electron chi connectivity index (χ4n) is 2.53. The molecule has 7 nitrogen and oxygen atoms in total. The molecule has 1 aromatic carbocycles. The van der Waals surface area contributed by atoms with E-state index in [1.54, 1.807) is 14.0 Å². The number of hydrogen-bond acceptors (Lipinski definition) is 4. The summed E-state index contributed by atoms with van der Waals surface area (Å²) in [7, 11) is 1.61. The molecule has 1 aliphatic rings. The average Bonchev–Trinajstić information content (AvgIpc) is 2.79. The highest BCUT2D eigenvalue weighted by molar-refractivity contribution is 6.45. The molecular weight excluding hydrogens is 310 g/mol. The van der Waals surface area contributed by atoms with Crippen molar-refractivity contribution in [3.63, 3.8) is 0 Å². The predicted molar refractivity (Wildman–Crippen MR) is 86.7 cm³/mol. The Balaban J connectivity index is 2.07. The van der Waals surface area contributed by atoms with Crippen LogP contribution in [0.2, 0.25) is 0 Å². The van der Waals surface area contributed by atoms with E-state index in [4.69, 9.17) is 0 Å². The summed E-state index contributed by atoms with van der Waals surface area (Å²) >= 11 is 0. The number of carbonyl (C=O) groups excluding carboxylic acids is 4. The molecule has 5 amide bonds. The van der Waals surface area contributed by atoms with Gasteiger partial charge >= 0.3 is 17.8 Å². The van der Waals surface area contributed by atoms with Crippen molar-refractivity contribution in [3.8, 4) is 0 Å². The number of amides is 5. The molecule has 0 spiro atoms. The van der Waals surface area contributed by atoms with Crippen LogP contribution in [0.4, 0.5) is 4.79 Å². The zero-order valence-electron chi connectivity index (χ0n) is 14.1. The minimum atomic E-state index is -0.942. The largest absolute Gasteiger partial charge is 0.337 e. The lowest BCUT2D eigenvalue weighted by Gasteiger charge is -2.26. The SMILES string of the molecule is CCCN1C(=O)C(=O)N(CC(=O)N(C)[C@H](C)c2ccccc2)C1=O. The molecule has 0 saturated carbocycles. The maximum Gasteiger partial charge on any atom is 0.334 e. The topological polar surface area (TPSA) is 78.0 Å². The molecule has 1 atom stereocenters. The maximum absolute atomic E-state index is 12.4. The van der Waals surface area contributed by atoms with Crippen LogP contribution < -0.4 is 0 Å². The molecule has 0 aromatic heterocycles. The summed E-state index contributed by atoms with van der Waals surface area (Å²) in [5, 5.41) is 0. The van der Waals surface area contributed by atoms with Crippen LogP contribution in [0.25, 0.3) is 0 Å². The highest BCUT2D eigenvalue weighted by Gasteiger charge is 2.45. The van der Waals surface area contributed by atoms with Crippen LogP contribution in [0.15, 0.2) is 30.3 Å². The minimum Gasteiger partial charge on any atom is -0.337 e. The van der Waals surface area contributed by atoms with Gasteiger partial charge in [-0.25, -0.2) is 9.69 Å². The minimum absolute atomic E-state index is 0.171. The van der Waals surface area contributed by atoms with Gasteiger partial charge < -0.3 is 4.90 Å². The Kier molecular flexibility index (Phi) is 5.33. The number of rotatable bonds is 6. The number of nitrogens with zero attached hydrogens (tertiary/aromatic N) is 3. The predicted octanol–water partition coefficient (Wildman–Crippen LogP) is 1.41. The monoisotopic (exact) mass is 331 g/mol. The lowest BCUT2D eigenvalue weighted by atomic mass is 10.1. The fraction of sp³-hybridized carbons (Fsp3) is 0.412. The van der Waals surface area contributed by atoms with Crippen LogP contribution >= 0.6 is 0 Å². The smallest absolute Gasteiger partial charge is 0.334 e. The van der Waals surface area contributed by atoms with Gasteiger partial charge in [0.05, 0.1) is 6.04 Å². The van der Waals surface area contributed by atoms with Crippen LogP contribution in [-0.2, 0) is 14.4 Å². The van der Waals surface area contributed by atoms with E-state index in [1.165, 1.54) is 4.90 Å². The number of urea groups is 1. The molecule has 0 radical (unpaired) electrons. The second kappa shape index (κ2) is 7.25. The summed E-state index contributed by atoms with van der Waals surface area (Å²) in [6.07, 6.45) is 0.553. The quantitative estimate of drug-likeness (QED) is 0.583. The first-order valence-corrected chi connectivity index (χ1v) is 7.86. The van der Waals surface area contributed by atoms with Crippen LogP contribution in [0, 0.1) is 0 Å². The van der Waals surface area contributed by atoms with Crippen molar-refractivity contribution in [2.45, 2.75) is 26.3 Å². The molecular formula is C17H21N3O4. The number of imide groups is 2. The van der Waals surface area contributed by atoms with Crippen LogP contribution in [-0.4, -0.2) is 58.6 Å². The number of carbonyl (C=O) groups is 4. The van der Waals surface area contributed by atoms with Crippen molar-refractivity contribution in [2.75, 3.05) is 20.1 Å². The first-order valence-electron chi connectivity index (χ1n) is 7.86. The first kappa shape index (κ1) is 17.7. The van der Waals surface area contributed by atoms with E-state index in [0.29, 0.717) is 11.3 Å². The second-order valence-electron chi connectivity index (χ2n) is 5.72. The normalized spacial score (nSPS) is 15.9. The summed E-state index contributed by atoms with van der Waals surface area (Å²) in [6, 6.07) is 8.49. The standard InChI is InChI=1S/C17H21N3O4/c1-4-10-19-15(22)16(23)20(17(19)24)11-14(21)18(3)12(2)13-8-6-5-7-9-13/h5-9,12H,4,10-11H2,1-3H3/t12-/m1/s1. The van der Waals surface area contributed by atoms with E-state index in [0.717, 1.165) is 10.5 Å². The molecule has 1 fully saturated rings. The van der Waals surface area contributed by atoms with Gasteiger partial charge in [-0.3, -0.25) is 19.3 Å². The van der Waals surface area contributed by atoms with Gasteiger partial charge in [0.1, 0.15) is 6.54 Å². The van der Waals surface area contributed by atoms with Crippen molar-refractivity contribution in [3.05, 3.63) is 35.9 Å². The Morgan fingerprint density at radius 2 is 1.67 bits per heavy atom. The van der Waals surface area contributed by atoms with E-state index in [2.05, 4.69) is 0 Å². The van der Waals surface area contributed by atoms with Crippen molar-refractivity contribution in [2.24, 2.45) is 0 Å². The lowest BCUT2D eigenvalue weighted by Crippen LogP contribution is -2.43. The molecule has 1 aliphatic heterocycles. The zero-order valence-corrected chi connectivity index (χ0v) is 14.1. The van der Waals surface area contributed by atoms with E-state index in [9.17, 15) is 19.2 Å². The molecule has 128 valence electrons. The highest BCUT2D eigenvalue weighted by atomic mass is 16.2. The van der Waals surface area contributed by atoms with Gasteiger partial charge in [-0.2, -0.15) is 0 Å². The van der Waals surface area contributed by atoms with Gasteiger partial charge in [0.15, 0.2) is 0 Å². The van der Waals surface area contributed by atoms with Gasteiger partial charge in [-0.05, 0) is 18.9 Å². The molecule has 1 aromatic rings. The molecule has 7 heteroatoms. The van der Waals surface area contributed by atoms with Gasteiger partial charge in [0.25, 0.3) is 0 Å². The number of hydrogen-bond donors (Lipinski definition) is 0. The second-order valence-corrected chi connectivity index (χ2v) is 5.72. The molecule has 0 unspecified atom stereocenters. The number of benzene rings is 1. The summed E-state index contributed by atoms with van der Waals surface area (Å²) in [4.78, 5) is 51.4. The first-order chi connectivity index (χ1) is 11.4. The third kappa shape index (κ3) is 3.29. The third-order valence-electron chi connectivity index (χ3n) is 4.13. The van der Waals surface area contributed by atoms with Gasteiger partial charge in [0, 0.05) is 13.6 Å². The van der Waals surface area contributed by atoms with Crippen LogP contribution in [0.5, 0.6) is 0 Å². The molecule has 1 saturated heterocycles. The summed E-state index contributed by atoms with van der Waals surface area (Å²) in [6.45, 7) is 3.39. The maximum atomic E-state index is 12.4. The Bertz CT molecular complexity index is 659. The van der Waals surface area contributed by atoms with E-state index >= 15 is 0 Å². The van der Waals surface area contributed by atoms with Gasteiger partial charge in [-0.1, -0.05) is 37.3 Å². The summed E-state index contributed by atoms with van der Waals surface area (Å²) in [5.74, 6) is -2.21. The van der Waals surface area contributed by atoms with E-state index in [-0.39, 0.29) is 12.6 Å². The van der Waals surface area contributed by atoms with Crippen LogP contribution in [0.3, 0.4) is 0 Å². The van der Waals surface area contributed by atoms with Crippen molar-refractivity contribution in [1.82, 2.24) is 14.7 Å². The highest BCUT2D eigenvalue weighted by Crippen LogP contribution is 2.19. The Hall–Kier alpha value is -2.70. The Morgan fingerprint density at radius 3 is 2.25 bits per heavy atom. The zero-order chi connectivity index (χ0) is 17.9. The van der Waals surface area contributed by atoms with Crippen molar-refractivity contribution in [1.29, 1.82) is 0 Å². The van der Waals surface area contributed by atoms with Gasteiger partial charge in [-0.15, -0.1) is 0 Å². The number of likely N-dealkylation sites (N-methyl/N-ethyl adjacent to an activating group) is 1. The Morgan fingerprint density at radius 1 is 1.08 bits per heavy atom. The van der Waals surface area contributed by atoms with Gasteiger partial charge in [0.2, 0.25) is 5.91 Å². The molecule has 24 heavy (non-hydrogen) atoms. The van der Waals surface area contributed by atoms with Crippen molar-refractivity contribution >= 4 is 23.8 Å². The molecule has 0 aliphatic carbocycles.